The molecule has 3 amide bonds. The van der Waals surface area contributed by atoms with Crippen molar-refractivity contribution in [2.24, 2.45) is 5.73 Å². The van der Waals surface area contributed by atoms with Gasteiger partial charge >= 0.3 is 6.09 Å². The van der Waals surface area contributed by atoms with E-state index in [0.29, 0.717) is 22.0 Å². The molecule has 2 saturated heterocycles. The molecule has 0 bridgehead atoms. The lowest BCUT2D eigenvalue weighted by atomic mass is 10.1. The van der Waals surface area contributed by atoms with Gasteiger partial charge in [-0.1, -0.05) is 0 Å². The monoisotopic (exact) mass is 483 g/mol. The number of piperidine rings is 1. The summed E-state index contributed by atoms with van der Waals surface area (Å²) in [7, 11) is 0. The van der Waals surface area contributed by atoms with E-state index in [1.54, 1.807) is 19.1 Å². The zero-order chi connectivity index (χ0) is 24.2. The molecule has 1 aromatic heterocycles. The molecular formula is C24H29N5O4S. The second-order valence-corrected chi connectivity index (χ2v) is 9.76. The fraction of sp³-hybridized carbons (Fsp3) is 0.375. The van der Waals surface area contributed by atoms with Crippen molar-refractivity contribution in [2.45, 2.75) is 39.2 Å². The summed E-state index contributed by atoms with van der Waals surface area (Å²) >= 11 is 1.39. The number of cyclic esters (lactones) is 1. The number of hydrogen-bond acceptors (Lipinski definition) is 7. The summed E-state index contributed by atoms with van der Waals surface area (Å²) in [4.78, 5) is 42.5. The smallest absolute Gasteiger partial charge is 0.411 e. The van der Waals surface area contributed by atoms with Crippen molar-refractivity contribution in [1.29, 1.82) is 0 Å². The fourth-order valence-corrected chi connectivity index (χ4v) is 4.69. The number of anilines is 3. The second-order valence-electron chi connectivity index (χ2n) is 8.48. The summed E-state index contributed by atoms with van der Waals surface area (Å²) < 4.78 is 5.34. The van der Waals surface area contributed by atoms with Crippen molar-refractivity contribution in [2.75, 3.05) is 34.8 Å². The number of amides is 3. The van der Waals surface area contributed by atoms with E-state index in [4.69, 9.17) is 10.5 Å². The van der Waals surface area contributed by atoms with Crippen LogP contribution in [0.5, 0.6) is 0 Å². The molecule has 0 radical (unpaired) electrons. The molecule has 2 fully saturated rings. The minimum absolute atomic E-state index is 0.159. The number of carbonyl (C=O) groups excluding carboxylic acids is 3. The number of rotatable bonds is 6. The Balaban J connectivity index is 1.52. The molecule has 9 nitrogen and oxygen atoms in total. The van der Waals surface area contributed by atoms with Crippen LogP contribution in [0.25, 0.3) is 0 Å². The first-order chi connectivity index (χ1) is 16.3. The Morgan fingerprint density at radius 1 is 1.18 bits per heavy atom. The molecule has 34 heavy (non-hydrogen) atoms. The molecule has 2 aliphatic heterocycles. The summed E-state index contributed by atoms with van der Waals surface area (Å²) in [5, 5.41) is 5.58. The van der Waals surface area contributed by atoms with Crippen LogP contribution in [0.4, 0.5) is 21.9 Å². The summed E-state index contributed by atoms with van der Waals surface area (Å²) in [6.07, 6.45) is 4.23. The Kier molecular flexibility index (Phi) is 7.18. The third-order valence-electron chi connectivity index (χ3n) is 5.74. The van der Waals surface area contributed by atoms with Crippen molar-refractivity contribution >= 4 is 46.3 Å². The highest BCUT2D eigenvalue weighted by Crippen LogP contribution is 2.34. The van der Waals surface area contributed by atoms with Crippen LogP contribution in [-0.2, 0) is 9.53 Å². The van der Waals surface area contributed by atoms with Gasteiger partial charge in [0.25, 0.3) is 5.91 Å². The normalized spacial score (nSPS) is 18.1. The third-order valence-corrected chi connectivity index (χ3v) is 6.74. The SMILES string of the molecule is Cc1ccc(C(=O)N/C=C2/CN(c3ccc(N4CCCCC4)c(NC(=O)C(C)N)c3)C(=O)O2)s1. The first-order valence-corrected chi connectivity index (χ1v) is 12.1. The average molecular weight is 484 g/mol. The van der Waals surface area contributed by atoms with Crippen LogP contribution in [0, 0.1) is 6.92 Å². The maximum absolute atomic E-state index is 12.6. The molecule has 1 aromatic carbocycles. The molecule has 0 saturated carbocycles. The summed E-state index contributed by atoms with van der Waals surface area (Å²) in [5.74, 6) is -0.230. The minimum Gasteiger partial charge on any atom is -0.411 e. The van der Waals surface area contributed by atoms with Gasteiger partial charge in [0.05, 0.1) is 28.8 Å². The highest BCUT2D eigenvalue weighted by Gasteiger charge is 2.30. The van der Waals surface area contributed by atoms with Gasteiger partial charge < -0.3 is 26.0 Å². The van der Waals surface area contributed by atoms with Crippen LogP contribution < -0.4 is 26.2 Å². The van der Waals surface area contributed by atoms with Crippen molar-refractivity contribution in [3.63, 3.8) is 0 Å². The average Bonchev–Trinajstić information content (AvgIpc) is 3.43. The Hall–Kier alpha value is -3.37. The van der Waals surface area contributed by atoms with Gasteiger partial charge in [-0.15, -0.1) is 11.3 Å². The van der Waals surface area contributed by atoms with Crippen molar-refractivity contribution in [3.05, 3.63) is 52.0 Å². The number of benzene rings is 1. The number of nitrogens with zero attached hydrogens (tertiary/aromatic N) is 2. The van der Waals surface area contributed by atoms with E-state index in [-0.39, 0.29) is 18.4 Å². The molecule has 3 heterocycles. The molecule has 4 rings (SSSR count). The summed E-state index contributed by atoms with van der Waals surface area (Å²) in [5.41, 5.74) is 7.85. The number of hydrogen-bond donors (Lipinski definition) is 3. The van der Waals surface area contributed by atoms with Gasteiger partial charge in [-0.3, -0.25) is 14.5 Å². The quantitative estimate of drug-likeness (QED) is 0.578. The van der Waals surface area contributed by atoms with Gasteiger partial charge in [-0.25, -0.2) is 4.79 Å². The molecule has 10 heteroatoms. The number of thiophene rings is 1. The molecular weight excluding hydrogens is 454 g/mol. The molecule has 0 aliphatic carbocycles. The zero-order valence-electron chi connectivity index (χ0n) is 19.3. The van der Waals surface area contributed by atoms with E-state index in [9.17, 15) is 14.4 Å². The van der Waals surface area contributed by atoms with Gasteiger partial charge in [-0.05, 0) is 63.4 Å². The van der Waals surface area contributed by atoms with E-state index in [0.717, 1.165) is 36.5 Å². The van der Waals surface area contributed by atoms with Crippen LogP contribution in [-0.4, -0.2) is 43.6 Å². The Labute approximate surface area is 202 Å². The molecule has 2 aliphatic rings. The van der Waals surface area contributed by atoms with Gasteiger partial charge in [-0.2, -0.15) is 0 Å². The first-order valence-electron chi connectivity index (χ1n) is 11.3. The van der Waals surface area contributed by atoms with Crippen LogP contribution in [0.3, 0.4) is 0 Å². The first kappa shape index (κ1) is 23.8. The van der Waals surface area contributed by atoms with E-state index in [1.807, 2.05) is 25.1 Å². The van der Waals surface area contributed by atoms with E-state index in [2.05, 4.69) is 15.5 Å². The predicted molar refractivity (Wildman–Crippen MR) is 133 cm³/mol. The highest BCUT2D eigenvalue weighted by molar-refractivity contribution is 7.13. The van der Waals surface area contributed by atoms with E-state index < -0.39 is 12.1 Å². The lowest BCUT2D eigenvalue weighted by molar-refractivity contribution is -0.117. The van der Waals surface area contributed by atoms with E-state index >= 15 is 0 Å². The van der Waals surface area contributed by atoms with Gasteiger partial charge in [0.2, 0.25) is 5.91 Å². The molecule has 1 unspecified atom stereocenters. The largest absolute Gasteiger partial charge is 0.419 e. The predicted octanol–water partition coefficient (Wildman–Crippen LogP) is 3.56. The van der Waals surface area contributed by atoms with Crippen molar-refractivity contribution in [3.8, 4) is 0 Å². The Bertz CT molecular complexity index is 1120. The lowest BCUT2D eigenvalue weighted by Crippen LogP contribution is -2.34. The lowest BCUT2D eigenvalue weighted by Gasteiger charge is -2.31. The standard InChI is InChI=1S/C24H29N5O4S/c1-15-6-9-21(34-15)23(31)26-13-18-14-29(24(32)33-18)17-7-8-20(28-10-4-3-5-11-28)19(12-17)27-22(30)16(2)25/h6-9,12-13,16H,3-5,10-11,14,25H2,1-2H3,(H,26,31)(H,27,30)/b18-13-. The van der Waals surface area contributed by atoms with Crippen molar-refractivity contribution in [1.82, 2.24) is 5.32 Å². The third kappa shape index (κ3) is 5.40. The van der Waals surface area contributed by atoms with Crippen molar-refractivity contribution < 1.29 is 19.1 Å². The van der Waals surface area contributed by atoms with Crippen LogP contribution in [0.15, 0.2) is 42.3 Å². The Morgan fingerprint density at radius 2 is 1.94 bits per heavy atom. The molecule has 1 atom stereocenters. The highest BCUT2D eigenvalue weighted by atomic mass is 32.1. The molecule has 180 valence electrons. The fourth-order valence-electron chi connectivity index (χ4n) is 3.91. The summed E-state index contributed by atoms with van der Waals surface area (Å²) in [6.45, 7) is 5.52. The van der Waals surface area contributed by atoms with Crippen LogP contribution in [0.2, 0.25) is 0 Å². The number of nitrogens with one attached hydrogen (secondary N) is 2. The number of aryl methyl sites for hydroxylation is 1. The number of carbonyl (C=O) groups is 3. The topological polar surface area (TPSA) is 117 Å². The number of nitrogens with two attached hydrogens (primary N) is 1. The maximum Gasteiger partial charge on any atom is 0.419 e. The van der Waals surface area contributed by atoms with Crippen LogP contribution in [0.1, 0.15) is 40.7 Å². The maximum atomic E-state index is 12.6. The molecule has 4 N–H and O–H groups in total. The van der Waals surface area contributed by atoms with E-state index in [1.165, 1.54) is 28.9 Å². The van der Waals surface area contributed by atoms with Gasteiger partial charge in [0.1, 0.15) is 5.76 Å². The number of ether oxygens (including phenoxy) is 1. The minimum atomic E-state index is -0.667. The van der Waals surface area contributed by atoms with Crippen LogP contribution >= 0.6 is 11.3 Å². The second kappa shape index (κ2) is 10.3. The molecule has 0 spiro atoms. The summed E-state index contributed by atoms with van der Waals surface area (Å²) in [6, 6.07) is 8.47. The van der Waals surface area contributed by atoms with Gasteiger partial charge in [0, 0.05) is 29.9 Å². The van der Waals surface area contributed by atoms with Gasteiger partial charge in [0.15, 0.2) is 0 Å². The Morgan fingerprint density at radius 3 is 2.62 bits per heavy atom. The zero-order valence-corrected chi connectivity index (χ0v) is 20.1. The molecule has 2 aromatic rings.